The summed E-state index contributed by atoms with van der Waals surface area (Å²) in [6.07, 6.45) is 5.82. The van der Waals surface area contributed by atoms with Gasteiger partial charge in [0.1, 0.15) is 17.5 Å². The third-order valence-electron chi connectivity index (χ3n) is 6.37. The van der Waals surface area contributed by atoms with E-state index in [1.54, 1.807) is 28.6 Å². The largest absolute Gasteiger partial charge is 0.383 e. The molecule has 1 amide bonds. The number of halogens is 2. The number of benzene rings is 2. The van der Waals surface area contributed by atoms with Crippen molar-refractivity contribution < 1.29 is 13.6 Å². The number of nitrogens with one attached hydrogen (secondary N) is 1. The molecule has 5 aromatic rings. The summed E-state index contributed by atoms with van der Waals surface area (Å²) in [5, 5.41) is 9.83. The number of rotatable bonds is 4. The predicted molar refractivity (Wildman–Crippen MR) is 133 cm³/mol. The van der Waals surface area contributed by atoms with Gasteiger partial charge in [-0.2, -0.15) is 5.10 Å². The van der Waals surface area contributed by atoms with Gasteiger partial charge in [0.05, 0.1) is 12.6 Å². The molecule has 0 fully saturated rings. The van der Waals surface area contributed by atoms with Crippen LogP contribution in [0.4, 0.5) is 20.3 Å². The Labute approximate surface area is 203 Å². The Morgan fingerprint density at radius 3 is 2.83 bits per heavy atom. The third kappa shape index (κ3) is 3.64. The molecule has 1 aliphatic rings. The summed E-state index contributed by atoms with van der Waals surface area (Å²) in [4.78, 5) is 19.0. The number of fused-ring (bicyclic) bond motifs is 2. The molecule has 6 rings (SSSR count). The zero-order chi connectivity index (χ0) is 24.1. The van der Waals surface area contributed by atoms with E-state index in [1.807, 2.05) is 18.3 Å². The standard InChI is InChI=1S/C26H19F2N5OS/c27-18-2-3-21(28)16(8-18)9-23(34)33-6-5-15-7-14(1-4-22(15)33)20-13-35-25-19(17-10-31-32-11-17)12-30-26(29)24(20)25/h1-4,7-8,10-13H,5-6,9H2,(H2,29,30)(H,31,32). The van der Waals surface area contributed by atoms with E-state index in [9.17, 15) is 13.6 Å². The molecule has 2 aromatic carbocycles. The average Bonchev–Trinajstić information content (AvgIpc) is 3.61. The second-order valence-corrected chi connectivity index (χ2v) is 9.33. The van der Waals surface area contributed by atoms with Crippen LogP contribution in [0.2, 0.25) is 0 Å². The number of carbonyl (C=O) groups excluding carboxylic acids is 1. The zero-order valence-corrected chi connectivity index (χ0v) is 19.2. The van der Waals surface area contributed by atoms with Gasteiger partial charge in [-0.1, -0.05) is 6.07 Å². The van der Waals surface area contributed by atoms with Crippen LogP contribution in [0.15, 0.2) is 60.4 Å². The molecule has 9 heteroatoms. The number of nitrogen functional groups attached to an aromatic ring is 1. The Bertz CT molecular complexity index is 1600. The zero-order valence-electron chi connectivity index (χ0n) is 18.4. The number of hydrogen-bond donors (Lipinski definition) is 2. The highest BCUT2D eigenvalue weighted by Gasteiger charge is 2.26. The highest BCUT2D eigenvalue weighted by Crippen LogP contribution is 2.43. The quantitative estimate of drug-likeness (QED) is 0.358. The van der Waals surface area contributed by atoms with Gasteiger partial charge in [-0.15, -0.1) is 11.3 Å². The van der Waals surface area contributed by atoms with Gasteiger partial charge in [-0.3, -0.25) is 9.89 Å². The van der Waals surface area contributed by atoms with Crippen LogP contribution in [-0.2, 0) is 17.6 Å². The van der Waals surface area contributed by atoms with Crippen molar-refractivity contribution in [2.24, 2.45) is 0 Å². The highest BCUT2D eigenvalue weighted by atomic mass is 32.1. The molecule has 4 heterocycles. The van der Waals surface area contributed by atoms with E-state index in [2.05, 4.69) is 26.6 Å². The predicted octanol–water partition coefficient (Wildman–Crippen LogP) is 5.35. The van der Waals surface area contributed by atoms with Gasteiger partial charge < -0.3 is 10.6 Å². The fraction of sp³-hybridized carbons (Fsp3) is 0.115. The maximum atomic E-state index is 14.0. The molecule has 0 bridgehead atoms. The number of aromatic nitrogens is 3. The smallest absolute Gasteiger partial charge is 0.231 e. The molecule has 0 saturated heterocycles. The number of carbonyl (C=O) groups is 1. The maximum Gasteiger partial charge on any atom is 0.231 e. The monoisotopic (exact) mass is 487 g/mol. The number of aromatic amines is 1. The summed E-state index contributed by atoms with van der Waals surface area (Å²) in [6, 6.07) is 9.10. The van der Waals surface area contributed by atoms with Crippen molar-refractivity contribution in [2.45, 2.75) is 12.8 Å². The molecular formula is C26H19F2N5OS. The van der Waals surface area contributed by atoms with E-state index in [4.69, 9.17) is 5.73 Å². The SMILES string of the molecule is Nc1ncc(-c2cn[nH]c2)c2scc(-c3ccc4c(c3)CCN4C(=O)Cc3cc(F)ccc3F)c12. The molecule has 174 valence electrons. The topological polar surface area (TPSA) is 87.9 Å². The lowest BCUT2D eigenvalue weighted by molar-refractivity contribution is -0.117. The molecule has 0 atom stereocenters. The summed E-state index contributed by atoms with van der Waals surface area (Å²) >= 11 is 1.60. The highest BCUT2D eigenvalue weighted by molar-refractivity contribution is 7.18. The molecule has 0 spiro atoms. The summed E-state index contributed by atoms with van der Waals surface area (Å²) in [6.45, 7) is 0.493. The van der Waals surface area contributed by atoms with Crippen molar-refractivity contribution in [3.8, 4) is 22.3 Å². The lowest BCUT2D eigenvalue weighted by atomic mass is 10.00. The van der Waals surface area contributed by atoms with Gasteiger partial charge in [0, 0.05) is 57.0 Å². The molecule has 1 aliphatic heterocycles. The van der Waals surface area contributed by atoms with E-state index in [0.29, 0.717) is 18.8 Å². The number of nitrogens with zero attached hydrogens (tertiary/aromatic N) is 3. The van der Waals surface area contributed by atoms with E-state index >= 15 is 0 Å². The van der Waals surface area contributed by atoms with E-state index < -0.39 is 11.6 Å². The molecule has 0 radical (unpaired) electrons. The Morgan fingerprint density at radius 2 is 2.00 bits per heavy atom. The van der Waals surface area contributed by atoms with Crippen LogP contribution in [0.1, 0.15) is 11.1 Å². The van der Waals surface area contributed by atoms with Gasteiger partial charge >= 0.3 is 0 Å². The molecule has 0 saturated carbocycles. The van der Waals surface area contributed by atoms with Crippen molar-refractivity contribution in [1.82, 2.24) is 15.2 Å². The Morgan fingerprint density at radius 1 is 1.11 bits per heavy atom. The minimum Gasteiger partial charge on any atom is -0.383 e. The molecule has 0 aliphatic carbocycles. The van der Waals surface area contributed by atoms with E-state index in [1.165, 1.54) is 0 Å². The molecule has 3 aromatic heterocycles. The minimum absolute atomic E-state index is 0.0567. The number of amides is 1. The number of H-pyrrole nitrogens is 1. The van der Waals surface area contributed by atoms with Crippen LogP contribution >= 0.6 is 11.3 Å². The Balaban J connectivity index is 1.33. The molecule has 3 N–H and O–H groups in total. The Hall–Kier alpha value is -4.11. The van der Waals surface area contributed by atoms with Gasteiger partial charge in [0.2, 0.25) is 5.91 Å². The normalized spacial score (nSPS) is 12.9. The summed E-state index contributed by atoms with van der Waals surface area (Å²) in [7, 11) is 0. The van der Waals surface area contributed by atoms with Crippen LogP contribution in [0.5, 0.6) is 0 Å². The second kappa shape index (κ2) is 8.28. The summed E-state index contributed by atoms with van der Waals surface area (Å²) in [5.41, 5.74) is 12.0. The van der Waals surface area contributed by atoms with Crippen molar-refractivity contribution in [1.29, 1.82) is 0 Å². The number of hydrogen-bond acceptors (Lipinski definition) is 5. The first-order valence-corrected chi connectivity index (χ1v) is 11.9. The fourth-order valence-electron chi connectivity index (χ4n) is 4.65. The molecule has 35 heavy (non-hydrogen) atoms. The first-order chi connectivity index (χ1) is 17.0. The summed E-state index contributed by atoms with van der Waals surface area (Å²) in [5.74, 6) is -0.953. The second-order valence-electron chi connectivity index (χ2n) is 8.45. The van der Waals surface area contributed by atoms with Crippen LogP contribution in [0.25, 0.3) is 32.3 Å². The lowest BCUT2D eigenvalue weighted by Gasteiger charge is -2.18. The van der Waals surface area contributed by atoms with Gasteiger partial charge in [-0.25, -0.2) is 13.8 Å². The number of nitrogens with two attached hydrogens (primary N) is 1. The van der Waals surface area contributed by atoms with Crippen molar-refractivity contribution >= 4 is 38.8 Å². The Kier molecular flexibility index (Phi) is 5.07. The minimum atomic E-state index is -0.583. The van der Waals surface area contributed by atoms with Gasteiger partial charge in [-0.05, 0) is 53.3 Å². The van der Waals surface area contributed by atoms with Crippen LogP contribution < -0.4 is 10.6 Å². The molecular weight excluding hydrogens is 468 g/mol. The van der Waals surface area contributed by atoms with Crippen molar-refractivity contribution in [2.75, 3.05) is 17.2 Å². The van der Waals surface area contributed by atoms with Gasteiger partial charge in [0.15, 0.2) is 0 Å². The number of pyridine rings is 1. The van der Waals surface area contributed by atoms with E-state index in [0.717, 1.165) is 61.8 Å². The third-order valence-corrected chi connectivity index (χ3v) is 7.38. The lowest BCUT2D eigenvalue weighted by Crippen LogP contribution is -2.30. The van der Waals surface area contributed by atoms with Gasteiger partial charge in [0.25, 0.3) is 0 Å². The maximum absolute atomic E-state index is 14.0. The first-order valence-electron chi connectivity index (χ1n) is 11.0. The van der Waals surface area contributed by atoms with Crippen molar-refractivity contribution in [3.05, 3.63) is 83.1 Å². The molecule has 6 nitrogen and oxygen atoms in total. The molecule has 0 unspecified atom stereocenters. The number of thiophene rings is 1. The fourth-order valence-corrected chi connectivity index (χ4v) is 5.77. The number of anilines is 2. The summed E-state index contributed by atoms with van der Waals surface area (Å²) < 4.78 is 28.6. The van der Waals surface area contributed by atoms with Crippen molar-refractivity contribution in [3.63, 3.8) is 0 Å². The van der Waals surface area contributed by atoms with E-state index in [-0.39, 0.29) is 17.9 Å². The van der Waals surface area contributed by atoms with Crippen LogP contribution in [0, 0.1) is 11.6 Å². The van der Waals surface area contributed by atoms with Crippen LogP contribution in [0.3, 0.4) is 0 Å². The first kappa shape index (κ1) is 21.4. The van der Waals surface area contributed by atoms with Crippen LogP contribution in [-0.4, -0.2) is 27.6 Å². The average molecular weight is 488 g/mol.